The van der Waals surface area contributed by atoms with Crippen molar-refractivity contribution in [2.75, 3.05) is 7.05 Å². The van der Waals surface area contributed by atoms with Crippen LogP contribution in [-0.2, 0) is 6.54 Å². The molecule has 0 saturated heterocycles. The minimum atomic E-state index is -0.569. The maximum absolute atomic E-state index is 13.9. The van der Waals surface area contributed by atoms with Gasteiger partial charge >= 0.3 is 0 Å². The Morgan fingerprint density at radius 1 is 1.26 bits per heavy atom. The van der Waals surface area contributed by atoms with Gasteiger partial charge in [-0.05, 0) is 52.8 Å². The Morgan fingerprint density at radius 2 is 1.95 bits per heavy atom. The van der Waals surface area contributed by atoms with Crippen LogP contribution >= 0.6 is 27.7 Å². The lowest BCUT2D eigenvalue weighted by molar-refractivity contribution is 0.535. The second-order valence-corrected chi connectivity index (χ2v) is 5.78. The molecule has 0 unspecified atom stereocenters. The first-order valence-electron chi connectivity index (χ1n) is 5.52. The number of nitrogens with zero attached hydrogens (tertiary/aromatic N) is 1. The molecule has 100 valence electrons. The topological polar surface area (TPSA) is 24.9 Å². The van der Waals surface area contributed by atoms with Crippen LogP contribution in [0.3, 0.4) is 0 Å². The molecule has 0 atom stereocenters. The Kier molecular flexibility index (Phi) is 4.90. The van der Waals surface area contributed by atoms with Gasteiger partial charge in [-0.1, -0.05) is 11.8 Å². The summed E-state index contributed by atoms with van der Waals surface area (Å²) >= 11 is 4.23. The summed E-state index contributed by atoms with van der Waals surface area (Å²) in [7, 11) is 1.73. The van der Waals surface area contributed by atoms with Gasteiger partial charge in [0.15, 0.2) is 0 Å². The zero-order chi connectivity index (χ0) is 13.8. The predicted octanol–water partition coefficient (Wildman–Crippen LogP) is 3.99. The van der Waals surface area contributed by atoms with E-state index in [1.807, 2.05) is 0 Å². The normalized spacial score (nSPS) is 10.7. The van der Waals surface area contributed by atoms with Crippen LogP contribution in [0.5, 0.6) is 0 Å². The predicted molar refractivity (Wildman–Crippen MR) is 75.2 cm³/mol. The molecule has 6 heteroatoms. The quantitative estimate of drug-likeness (QED) is 0.907. The van der Waals surface area contributed by atoms with Crippen molar-refractivity contribution in [3.05, 3.63) is 52.1 Å². The van der Waals surface area contributed by atoms with Gasteiger partial charge in [0.2, 0.25) is 0 Å². The summed E-state index contributed by atoms with van der Waals surface area (Å²) in [5, 5.41) is 3.40. The molecule has 1 aromatic heterocycles. The molecule has 2 nitrogen and oxygen atoms in total. The first-order valence-corrected chi connectivity index (χ1v) is 7.13. The smallest absolute Gasteiger partial charge is 0.140 e. The number of pyridine rings is 1. The van der Waals surface area contributed by atoms with E-state index in [0.717, 1.165) is 16.2 Å². The highest BCUT2D eigenvalue weighted by molar-refractivity contribution is 9.10. The fourth-order valence-electron chi connectivity index (χ4n) is 1.54. The Labute approximate surface area is 122 Å². The molecule has 0 saturated carbocycles. The number of aromatic nitrogens is 1. The van der Waals surface area contributed by atoms with Crippen LogP contribution in [0.1, 0.15) is 5.56 Å². The summed E-state index contributed by atoms with van der Waals surface area (Å²) in [6, 6.07) is 6.15. The van der Waals surface area contributed by atoms with Crippen LogP contribution < -0.4 is 5.32 Å². The molecule has 2 rings (SSSR count). The highest BCUT2D eigenvalue weighted by Crippen LogP contribution is 2.32. The lowest BCUT2D eigenvalue weighted by Gasteiger charge is -2.07. The van der Waals surface area contributed by atoms with Crippen molar-refractivity contribution < 1.29 is 8.78 Å². The second-order valence-electron chi connectivity index (χ2n) is 3.84. The molecule has 0 aliphatic heterocycles. The van der Waals surface area contributed by atoms with Gasteiger partial charge < -0.3 is 5.32 Å². The Morgan fingerprint density at radius 3 is 2.47 bits per heavy atom. The number of benzene rings is 1. The minimum absolute atomic E-state index is 0.0327. The Bertz CT molecular complexity index is 552. The van der Waals surface area contributed by atoms with Crippen molar-refractivity contribution in [2.45, 2.75) is 16.5 Å². The lowest BCUT2D eigenvalue weighted by Crippen LogP contribution is -2.06. The van der Waals surface area contributed by atoms with E-state index in [1.54, 1.807) is 25.4 Å². The van der Waals surface area contributed by atoms with E-state index in [4.69, 9.17) is 0 Å². The molecule has 0 spiro atoms. The van der Waals surface area contributed by atoms with Crippen LogP contribution in [0, 0.1) is 11.6 Å². The van der Waals surface area contributed by atoms with Crippen LogP contribution in [-0.4, -0.2) is 12.0 Å². The Balaban J connectivity index is 2.27. The number of halogens is 3. The summed E-state index contributed by atoms with van der Waals surface area (Å²) in [6.45, 7) is 0.426. The van der Waals surface area contributed by atoms with Crippen molar-refractivity contribution in [3.63, 3.8) is 0 Å². The lowest BCUT2D eigenvalue weighted by atomic mass is 10.2. The van der Waals surface area contributed by atoms with Crippen molar-refractivity contribution in [2.24, 2.45) is 0 Å². The molecule has 0 aliphatic carbocycles. The monoisotopic (exact) mass is 344 g/mol. The number of rotatable bonds is 4. The molecule has 1 aromatic carbocycles. The summed E-state index contributed by atoms with van der Waals surface area (Å²) in [4.78, 5) is 4.05. The van der Waals surface area contributed by atoms with Gasteiger partial charge in [0.25, 0.3) is 0 Å². The maximum Gasteiger partial charge on any atom is 0.140 e. The largest absolute Gasteiger partial charge is 0.316 e. The van der Waals surface area contributed by atoms with Gasteiger partial charge in [-0.15, -0.1) is 0 Å². The zero-order valence-corrected chi connectivity index (χ0v) is 12.5. The van der Waals surface area contributed by atoms with Crippen molar-refractivity contribution >= 4 is 27.7 Å². The molecular weight excluding hydrogens is 334 g/mol. The summed E-state index contributed by atoms with van der Waals surface area (Å²) in [6.07, 6.45) is 1.59. The van der Waals surface area contributed by atoms with Crippen LogP contribution in [0.2, 0.25) is 0 Å². The first-order chi connectivity index (χ1) is 9.10. The number of hydrogen-bond donors (Lipinski definition) is 1. The fourth-order valence-corrected chi connectivity index (χ4v) is 2.54. The van der Waals surface area contributed by atoms with Crippen molar-refractivity contribution in [1.29, 1.82) is 0 Å². The zero-order valence-electron chi connectivity index (χ0n) is 10.1. The van der Waals surface area contributed by atoms with Gasteiger partial charge in [0.1, 0.15) is 16.7 Å². The Hall–Kier alpha value is -0.980. The third kappa shape index (κ3) is 3.75. The summed E-state index contributed by atoms with van der Waals surface area (Å²) in [5.74, 6) is -1.14. The summed E-state index contributed by atoms with van der Waals surface area (Å²) in [5.41, 5.74) is 0.575. The standard InChI is InChI=1S/C13H11BrF2N2S/c1-17-6-8-4-10(15)13(11(16)5-8)19-12-3-2-9(14)7-18-12/h2-5,7,17H,6H2,1H3. The van der Waals surface area contributed by atoms with Crippen LogP contribution in [0.25, 0.3) is 0 Å². The van der Waals surface area contributed by atoms with E-state index in [-0.39, 0.29) is 4.90 Å². The molecular formula is C13H11BrF2N2S. The first kappa shape index (κ1) is 14.4. The van der Waals surface area contributed by atoms with Gasteiger partial charge in [-0.2, -0.15) is 0 Å². The van der Waals surface area contributed by atoms with Crippen LogP contribution in [0.15, 0.2) is 44.9 Å². The summed E-state index contributed by atoms with van der Waals surface area (Å²) < 4.78 is 28.6. The SMILES string of the molecule is CNCc1cc(F)c(Sc2ccc(Br)cn2)c(F)c1. The molecule has 1 heterocycles. The molecule has 0 radical (unpaired) electrons. The third-order valence-electron chi connectivity index (χ3n) is 2.35. The minimum Gasteiger partial charge on any atom is -0.316 e. The van der Waals surface area contributed by atoms with E-state index in [0.29, 0.717) is 17.1 Å². The van der Waals surface area contributed by atoms with Crippen molar-refractivity contribution in [3.8, 4) is 0 Å². The van der Waals surface area contributed by atoms with Crippen LogP contribution in [0.4, 0.5) is 8.78 Å². The third-order valence-corrected chi connectivity index (χ3v) is 3.86. The molecule has 0 amide bonds. The molecule has 0 aliphatic rings. The molecule has 19 heavy (non-hydrogen) atoms. The van der Waals surface area contributed by atoms with Crippen molar-refractivity contribution in [1.82, 2.24) is 10.3 Å². The van der Waals surface area contributed by atoms with Gasteiger partial charge in [-0.3, -0.25) is 0 Å². The highest BCUT2D eigenvalue weighted by atomic mass is 79.9. The number of nitrogens with one attached hydrogen (secondary N) is 1. The van der Waals surface area contributed by atoms with E-state index in [2.05, 4.69) is 26.2 Å². The van der Waals surface area contributed by atoms with Gasteiger partial charge in [0.05, 0.1) is 4.90 Å². The van der Waals surface area contributed by atoms with E-state index in [9.17, 15) is 8.78 Å². The van der Waals surface area contributed by atoms with E-state index < -0.39 is 11.6 Å². The number of hydrogen-bond acceptors (Lipinski definition) is 3. The maximum atomic E-state index is 13.9. The molecule has 2 aromatic rings. The average Bonchev–Trinajstić information content (AvgIpc) is 2.36. The van der Waals surface area contributed by atoms with Gasteiger partial charge in [0, 0.05) is 17.2 Å². The average molecular weight is 345 g/mol. The van der Waals surface area contributed by atoms with E-state index >= 15 is 0 Å². The highest BCUT2D eigenvalue weighted by Gasteiger charge is 2.13. The fraction of sp³-hybridized carbons (Fsp3) is 0.154. The van der Waals surface area contributed by atoms with E-state index in [1.165, 1.54) is 12.1 Å². The molecule has 0 bridgehead atoms. The molecule has 1 N–H and O–H groups in total. The second kappa shape index (κ2) is 6.45. The molecule has 0 fully saturated rings. The van der Waals surface area contributed by atoms with Gasteiger partial charge in [-0.25, -0.2) is 13.8 Å².